The van der Waals surface area contributed by atoms with E-state index >= 15 is 0 Å². The van der Waals surface area contributed by atoms with Gasteiger partial charge in [-0.2, -0.15) is 4.98 Å². The number of hydrogen-bond acceptors (Lipinski definition) is 8. The van der Waals surface area contributed by atoms with Gasteiger partial charge in [0.2, 0.25) is 0 Å². The van der Waals surface area contributed by atoms with Gasteiger partial charge in [0.1, 0.15) is 18.1 Å². The van der Waals surface area contributed by atoms with Crippen LogP contribution in [0.3, 0.4) is 0 Å². The van der Waals surface area contributed by atoms with Crippen molar-refractivity contribution < 1.29 is 19.7 Å². The Balaban J connectivity index is 1.29. The fourth-order valence-electron chi connectivity index (χ4n) is 3.90. The summed E-state index contributed by atoms with van der Waals surface area (Å²) in [5.74, 6) is 0.189. The molecule has 34 heavy (non-hydrogen) atoms. The molecular formula is C24H29N5O5. The van der Waals surface area contributed by atoms with Gasteiger partial charge in [-0.05, 0) is 41.1 Å². The molecule has 1 amide bonds. The maximum Gasteiger partial charge on any atom is 0.351 e. The van der Waals surface area contributed by atoms with Gasteiger partial charge in [-0.15, -0.1) is 0 Å². The van der Waals surface area contributed by atoms with Gasteiger partial charge in [-0.3, -0.25) is 9.36 Å². The topological polar surface area (TPSA) is 129 Å². The molecular weight excluding hydrogens is 438 g/mol. The predicted molar refractivity (Wildman–Crippen MR) is 129 cm³/mol. The minimum atomic E-state index is -0.832. The van der Waals surface area contributed by atoms with Crippen LogP contribution in [0.4, 0.5) is 11.5 Å². The second-order valence-electron chi connectivity index (χ2n) is 8.44. The lowest BCUT2D eigenvalue weighted by Crippen LogP contribution is -2.30. The Bertz CT molecular complexity index is 1230. The standard InChI is InChI=1S/C24H29N5O5/c1-28(2)18-6-5-15-11-17(4-3-16(15)12-18)23(32)26-9-8-25-21-7-10-29(24(33)27-21)22-13-19(31)20(14-30)34-22/h3-7,10-12,19-20,22,30-31H,8-9,13-14H2,1-2H3,(H,26,32)(H,25,27,33)/t19-,20+,22+/m0/s1. The number of nitrogens with one attached hydrogen (secondary N) is 2. The Morgan fingerprint density at radius 1 is 1.18 bits per heavy atom. The van der Waals surface area contributed by atoms with Crippen molar-refractivity contribution in [3.63, 3.8) is 0 Å². The number of aromatic nitrogens is 2. The summed E-state index contributed by atoms with van der Waals surface area (Å²) in [5, 5.41) is 27.0. The molecule has 2 aromatic carbocycles. The van der Waals surface area contributed by atoms with E-state index in [4.69, 9.17) is 4.74 Å². The number of hydrogen-bond donors (Lipinski definition) is 4. The zero-order chi connectivity index (χ0) is 24.2. The van der Waals surface area contributed by atoms with Crippen molar-refractivity contribution in [1.29, 1.82) is 0 Å². The summed E-state index contributed by atoms with van der Waals surface area (Å²) in [6, 6.07) is 13.3. The first-order valence-corrected chi connectivity index (χ1v) is 11.1. The van der Waals surface area contributed by atoms with Crippen LogP contribution in [0, 0.1) is 0 Å². The number of ether oxygens (including phenoxy) is 1. The fraction of sp³-hybridized carbons (Fsp3) is 0.375. The lowest BCUT2D eigenvalue weighted by Gasteiger charge is -2.15. The number of aliphatic hydroxyl groups excluding tert-OH is 2. The van der Waals surface area contributed by atoms with Gasteiger partial charge in [-0.1, -0.05) is 12.1 Å². The van der Waals surface area contributed by atoms with Gasteiger partial charge in [0.15, 0.2) is 0 Å². The minimum Gasteiger partial charge on any atom is -0.394 e. The second kappa shape index (κ2) is 10.2. The number of carbonyl (C=O) groups is 1. The molecule has 0 radical (unpaired) electrons. The second-order valence-corrected chi connectivity index (χ2v) is 8.44. The minimum absolute atomic E-state index is 0.181. The summed E-state index contributed by atoms with van der Waals surface area (Å²) in [7, 11) is 3.97. The zero-order valence-corrected chi connectivity index (χ0v) is 19.1. The molecule has 1 saturated heterocycles. The first-order valence-electron chi connectivity index (χ1n) is 11.1. The Kier molecular flexibility index (Phi) is 7.11. The van der Waals surface area contributed by atoms with E-state index < -0.39 is 24.1 Å². The van der Waals surface area contributed by atoms with Crippen LogP contribution in [0.5, 0.6) is 0 Å². The largest absolute Gasteiger partial charge is 0.394 e. The Morgan fingerprint density at radius 3 is 2.65 bits per heavy atom. The number of fused-ring (bicyclic) bond motifs is 1. The normalized spacial score (nSPS) is 19.8. The monoisotopic (exact) mass is 467 g/mol. The third-order valence-corrected chi connectivity index (χ3v) is 5.84. The van der Waals surface area contributed by atoms with Crippen molar-refractivity contribution in [2.45, 2.75) is 24.9 Å². The molecule has 4 N–H and O–H groups in total. The Labute approximate surface area is 196 Å². The molecule has 10 nitrogen and oxygen atoms in total. The van der Waals surface area contributed by atoms with E-state index in [0.717, 1.165) is 16.5 Å². The van der Waals surface area contributed by atoms with Gasteiger partial charge in [0.05, 0.1) is 12.7 Å². The SMILES string of the molecule is CN(C)c1ccc2cc(C(=O)NCCNc3ccn([C@H]4C[C@H](O)[C@@H](CO)O4)c(=O)n3)ccc2c1. The first-order chi connectivity index (χ1) is 16.4. The van der Waals surface area contributed by atoms with Gasteiger partial charge in [0, 0.05) is 51.1 Å². The molecule has 1 fully saturated rings. The van der Waals surface area contributed by atoms with Crippen LogP contribution < -0.4 is 21.2 Å². The summed E-state index contributed by atoms with van der Waals surface area (Å²) in [6.45, 7) is 0.409. The van der Waals surface area contributed by atoms with Crippen molar-refractivity contribution in [3.05, 3.63) is 64.7 Å². The van der Waals surface area contributed by atoms with Crippen molar-refractivity contribution in [2.24, 2.45) is 0 Å². The number of rotatable bonds is 8. The molecule has 4 rings (SSSR count). The predicted octanol–water partition coefficient (Wildman–Crippen LogP) is 0.945. The van der Waals surface area contributed by atoms with E-state index in [0.29, 0.717) is 24.5 Å². The highest BCUT2D eigenvalue weighted by Crippen LogP contribution is 2.27. The molecule has 180 valence electrons. The molecule has 1 aliphatic heterocycles. The van der Waals surface area contributed by atoms with Crippen LogP contribution in [0.1, 0.15) is 23.0 Å². The third kappa shape index (κ3) is 5.19. The molecule has 1 aliphatic rings. The number of carbonyl (C=O) groups excluding carboxylic acids is 1. The number of amides is 1. The van der Waals surface area contributed by atoms with Crippen molar-refractivity contribution >= 4 is 28.2 Å². The highest BCUT2D eigenvalue weighted by atomic mass is 16.5. The number of aliphatic hydroxyl groups is 2. The van der Waals surface area contributed by atoms with Crippen molar-refractivity contribution in [2.75, 3.05) is 44.0 Å². The van der Waals surface area contributed by atoms with Crippen LogP contribution in [0.25, 0.3) is 10.8 Å². The van der Waals surface area contributed by atoms with Crippen molar-refractivity contribution in [1.82, 2.24) is 14.9 Å². The van der Waals surface area contributed by atoms with Gasteiger partial charge < -0.3 is 30.5 Å². The van der Waals surface area contributed by atoms with Gasteiger partial charge in [-0.25, -0.2) is 4.79 Å². The van der Waals surface area contributed by atoms with Gasteiger partial charge >= 0.3 is 5.69 Å². The number of anilines is 2. The van der Waals surface area contributed by atoms with E-state index in [1.807, 2.05) is 43.3 Å². The smallest absolute Gasteiger partial charge is 0.351 e. The summed E-state index contributed by atoms with van der Waals surface area (Å²) in [5.41, 5.74) is 1.14. The molecule has 10 heteroatoms. The average molecular weight is 468 g/mol. The maximum absolute atomic E-state index is 12.5. The van der Waals surface area contributed by atoms with Gasteiger partial charge in [0.25, 0.3) is 5.91 Å². The third-order valence-electron chi connectivity index (χ3n) is 5.84. The van der Waals surface area contributed by atoms with Crippen LogP contribution in [-0.4, -0.2) is 71.7 Å². The molecule has 0 unspecified atom stereocenters. The van der Waals surface area contributed by atoms with E-state index in [1.165, 1.54) is 10.8 Å². The summed E-state index contributed by atoms with van der Waals surface area (Å²) in [6.07, 6.45) is -0.476. The molecule has 3 atom stereocenters. The lowest BCUT2D eigenvalue weighted by molar-refractivity contribution is -0.0458. The summed E-state index contributed by atoms with van der Waals surface area (Å²) >= 11 is 0. The van der Waals surface area contributed by atoms with E-state index in [2.05, 4.69) is 21.7 Å². The van der Waals surface area contributed by atoms with Crippen LogP contribution in [0.2, 0.25) is 0 Å². The highest BCUT2D eigenvalue weighted by Gasteiger charge is 2.34. The lowest BCUT2D eigenvalue weighted by atomic mass is 10.1. The van der Waals surface area contributed by atoms with E-state index in [1.54, 1.807) is 12.1 Å². The molecule has 0 bridgehead atoms. The summed E-state index contributed by atoms with van der Waals surface area (Å²) < 4.78 is 6.78. The molecule has 1 aromatic heterocycles. The van der Waals surface area contributed by atoms with Crippen LogP contribution >= 0.6 is 0 Å². The van der Waals surface area contributed by atoms with E-state index in [-0.39, 0.29) is 18.9 Å². The number of nitrogens with zero attached hydrogens (tertiary/aromatic N) is 3. The molecule has 3 aromatic rings. The molecule has 0 spiro atoms. The fourth-order valence-corrected chi connectivity index (χ4v) is 3.90. The van der Waals surface area contributed by atoms with Crippen LogP contribution in [0.15, 0.2) is 53.5 Å². The van der Waals surface area contributed by atoms with Crippen LogP contribution in [-0.2, 0) is 4.74 Å². The molecule has 0 aliphatic carbocycles. The zero-order valence-electron chi connectivity index (χ0n) is 19.1. The highest BCUT2D eigenvalue weighted by molar-refractivity contribution is 5.99. The molecule has 0 saturated carbocycles. The maximum atomic E-state index is 12.5. The quantitative estimate of drug-likeness (QED) is 0.361. The van der Waals surface area contributed by atoms with E-state index in [9.17, 15) is 19.8 Å². The number of benzene rings is 2. The molecule has 2 heterocycles. The Morgan fingerprint density at radius 2 is 1.94 bits per heavy atom. The first kappa shape index (κ1) is 23.7. The average Bonchev–Trinajstić information content (AvgIpc) is 3.21. The Hall–Kier alpha value is -3.47. The summed E-state index contributed by atoms with van der Waals surface area (Å²) in [4.78, 5) is 30.9. The van der Waals surface area contributed by atoms with Crippen molar-refractivity contribution in [3.8, 4) is 0 Å².